The quantitative estimate of drug-likeness (QED) is 0.220. The topological polar surface area (TPSA) is 6.48 Å². The molecule has 0 amide bonds. The summed E-state index contributed by atoms with van der Waals surface area (Å²) < 4.78 is 1.54. The van der Waals surface area contributed by atoms with E-state index in [1.165, 1.54) is 32.4 Å². The molecule has 0 aliphatic heterocycles. The Bertz CT molecular complexity index is 1150. The molecule has 0 radical (unpaired) electrons. The smallest absolute Gasteiger partial charge is 0.156 e. The van der Waals surface area contributed by atoms with Gasteiger partial charge >= 0.3 is 0 Å². The van der Waals surface area contributed by atoms with Crippen LogP contribution in [-0.4, -0.2) is 27.6 Å². The van der Waals surface area contributed by atoms with E-state index >= 15 is 0 Å². The number of nitrogens with zero attached hydrogens (tertiary/aromatic N) is 2. The Morgan fingerprint density at radius 3 is 1.53 bits per heavy atom. The van der Waals surface area contributed by atoms with E-state index in [9.17, 15) is 0 Å². The Kier molecular flexibility index (Phi) is 6.58. The van der Waals surface area contributed by atoms with Crippen LogP contribution < -0.4 is 4.90 Å². The van der Waals surface area contributed by atoms with Gasteiger partial charge in [0.2, 0.25) is 0 Å². The van der Waals surface area contributed by atoms with Crippen molar-refractivity contribution in [3.63, 3.8) is 0 Å². The predicted molar refractivity (Wildman–Crippen MR) is 144 cm³/mol. The predicted octanol–water partition coefficient (Wildman–Crippen LogP) is 7.64. The minimum absolute atomic E-state index is 0.747. The Balaban J connectivity index is 1.87. The molecule has 0 heterocycles. The van der Waals surface area contributed by atoms with Crippen LogP contribution in [0.4, 0.5) is 11.4 Å². The number of thiocarbonyl (C=S) groups is 2. The lowest BCUT2D eigenvalue weighted by Crippen LogP contribution is -2.22. The van der Waals surface area contributed by atoms with Gasteiger partial charge in [-0.25, -0.2) is 0 Å². The molecule has 0 spiro atoms. The van der Waals surface area contributed by atoms with Gasteiger partial charge in [-0.15, -0.1) is 0 Å². The molecular formula is C24H20N2S4. The zero-order valence-corrected chi connectivity index (χ0v) is 19.9. The minimum Gasteiger partial charge on any atom is -0.363 e. The van der Waals surface area contributed by atoms with Gasteiger partial charge in [-0.3, -0.25) is 4.90 Å². The van der Waals surface area contributed by atoms with E-state index in [4.69, 9.17) is 24.4 Å². The molecule has 0 N–H and O–H groups in total. The highest BCUT2D eigenvalue weighted by Gasteiger charge is 2.20. The summed E-state index contributed by atoms with van der Waals surface area (Å²) in [6.45, 7) is 0. The van der Waals surface area contributed by atoms with Gasteiger partial charge in [0.15, 0.2) is 4.32 Å². The molecule has 150 valence electrons. The molecule has 0 saturated carbocycles. The van der Waals surface area contributed by atoms with Gasteiger partial charge in [-0.1, -0.05) is 97.2 Å². The van der Waals surface area contributed by atoms with E-state index in [0.717, 1.165) is 30.8 Å². The molecule has 0 saturated heterocycles. The van der Waals surface area contributed by atoms with E-state index in [2.05, 4.69) is 89.8 Å². The average molecular weight is 465 g/mol. The third-order valence-corrected chi connectivity index (χ3v) is 8.54. The molecule has 0 fully saturated rings. The molecule has 0 aliphatic carbocycles. The second-order valence-electron chi connectivity index (χ2n) is 6.92. The summed E-state index contributed by atoms with van der Waals surface area (Å²) in [5, 5.41) is 4.70. The van der Waals surface area contributed by atoms with Crippen LogP contribution in [0.3, 0.4) is 0 Å². The van der Waals surface area contributed by atoms with Gasteiger partial charge in [0.1, 0.15) is 4.32 Å². The van der Waals surface area contributed by atoms with Crippen molar-refractivity contribution in [3.05, 3.63) is 84.9 Å². The van der Waals surface area contributed by atoms with Crippen molar-refractivity contribution in [3.8, 4) is 0 Å². The van der Waals surface area contributed by atoms with Gasteiger partial charge in [0.25, 0.3) is 0 Å². The molecule has 0 aliphatic rings. The minimum atomic E-state index is 0.747. The number of hydrogen-bond donors (Lipinski definition) is 0. The maximum atomic E-state index is 5.96. The summed E-state index contributed by atoms with van der Waals surface area (Å²) in [6.07, 6.45) is 0. The van der Waals surface area contributed by atoms with Crippen LogP contribution >= 0.6 is 46.0 Å². The summed E-state index contributed by atoms with van der Waals surface area (Å²) in [5.41, 5.74) is 2.14. The van der Waals surface area contributed by atoms with E-state index in [1.54, 1.807) is 0 Å². The summed E-state index contributed by atoms with van der Waals surface area (Å²) in [4.78, 5) is 4.10. The fourth-order valence-corrected chi connectivity index (χ4v) is 5.79. The van der Waals surface area contributed by atoms with Crippen LogP contribution in [0.25, 0.3) is 21.5 Å². The van der Waals surface area contributed by atoms with Crippen molar-refractivity contribution in [1.29, 1.82) is 0 Å². The van der Waals surface area contributed by atoms with Crippen molar-refractivity contribution >= 4 is 87.6 Å². The third kappa shape index (κ3) is 4.32. The first-order valence-electron chi connectivity index (χ1n) is 9.41. The molecule has 4 rings (SSSR count). The lowest BCUT2D eigenvalue weighted by Gasteiger charge is -2.27. The van der Waals surface area contributed by atoms with Crippen molar-refractivity contribution in [2.24, 2.45) is 0 Å². The Labute approximate surface area is 195 Å². The Morgan fingerprint density at radius 1 is 0.600 bits per heavy atom. The molecule has 2 nitrogen and oxygen atoms in total. The standard InChI is InChI=1S/C24H20N2S4/c1-25(2)23(27)29-30-24(28)26(21-15-7-11-17-9-3-5-13-19(17)21)22-16-8-12-18-10-4-6-14-20(18)22/h3-16H,1-2H3. The summed E-state index contributed by atoms with van der Waals surface area (Å²) in [6, 6.07) is 29.5. The lowest BCUT2D eigenvalue weighted by atomic mass is 10.1. The van der Waals surface area contributed by atoms with Crippen LogP contribution in [-0.2, 0) is 0 Å². The van der Waals surface area contributed by atoms with E-state index in [0.29, 0.717) is 0 Å². The van der Waals surface area contributed by atoms with Crippen molar-refractivity contribution in [2.45, 2.75) is 0 Å². The molecule has 6 heteroatoms. The van der Waals surface area contributed by atoms with Gasteiger partial charge in [0.05, 0.1) is 11.4 Å². The summed E-state index contributed by atoms with van der Waals surface area (Å²) >= 11 is 11.4. The van der Waals surface area contributed by atoms with E-state index in [1.807, 2.05) is 19.0 Å². The van der Waals surface area contributed by atoms with Gasteiger partial charge in [-0.2, -0.15) is 0 Å². The Hall–Kier alpha value is -2.12. The summed E-state index contributed by atoms with van der Waals surface area (Å²) in [7, 11) is 6.93. The summed E-state index contributed by atoms with van der Waals surface area (Å²) in [5.74, 6) is 0. The second-order valence-corrected chi connectivity index (χ2v) is 10.3. The average Bonchev–Trinajstić information content (AvgIpc) is 2.78. The second kappa shape index (κ2) is 9.35. The zero-order valence-electron chi connectivity index (χ0n) is 16.6. The number of fused-ring (bicyclic) bond motifs is 2. The molecule has 0 atom stereocenters. The van der Waals surface area contributed by atoms with Crippen LogP contribution in [0.2, 0.25) is 0 Å². The van der Waals surface area contributed by atoms with Crippen LogP contribution in [0, 0.1) is 0 Å². The molecule has 0 aromatic heterocycles. The lowest BCUT2D eigenvalue weighted by molar-refractivity contribution is 0.648. The van der Waals surface area contributed by atoms with Crippen molar-refractivity contribution in [2.75, 3.05) is 19.0 Å². The fraction of sp³-hybridized carbons (Fsp3) is 0.0833. The maximum Gasteiger partial charge on any atom is 0.156 e. The maximum absolute atomic E-state index is 5.96. The molecule has 4 aromatic rings. The highest BCUT2D eigenvalue weighted by atomic mass is 33.1. The first kappa shape index (κ1) is 21.1. The van der Waals surface area contributed by atoms with Gasteiger partial charge in [-0.05, 0) is 44.5 Å². The van der Waals surface area contributed by atoms with Crippen LogP contribution in [0.5, 0.6) is 0 Å². The largest absolute Gasteiger partial charge is 0.363 e. The SMILES string of the molecule is CN(C)C(=S)SSC(=S)N(c1cccc2ccccc12)c1cccc2ccccc12. The van der Waals surface area contributed by atoms with Crippen LogP contribution in [0.1, 0.15) is 0 Å². The monoisotopic (exact) mass is 464 g/mol. The molecule has 0 unspecified atom stereocenters. The van der Waals surface area contributed by atoms with Crippen LogP contribution in [0.15, 0.2) is 84.9 Å². The number of rotatable bonds is 2. The molecular weight excluding hydrogens is 445 g/mol. The van der Waals surface area contributed by atoms with Crippen molar-refractivity contribution in [1.82, 2.24) is 4.90 Å². The fourth-order valence-electron chi connectivity index (χ4n) is 3.32. The van der Waals surface area contributed by atoms with E-state index < -0.39 is 0 Å². The van der Waals surface area contributed by atoms with E-state index in [-0.39, 0.29) is 0 Å². The normalized spacial score (nSPS) is 10.9. The zero-order chi connectivity index (χ0) is 21.1. The number of anilines is 2. The third-order valence-electron chi connectivity index (χ3n) is 4.75. The molecule has 4 aromatic carbocycles. The Morgan fingerprint density at radius 2 is 1.03 bits per heavy atom. The number of hydrogen-bond acceptors (Lipinski definition) is 4. The van der Waals surface area contributed by atoms with Gasteiger partial charge in [0, 0.05) is 24.9 Å². The van der Waals surface area contributed by atoms with Gasteiger partial charge < -0.3 is 4.90 Å². The molecule has 30 heavy (non-hydrogen) atoms. The van der Waals surface area contributed by atoms with Crippen molar-refractivity contribution < 1.29 is 0 Å². The first-order valence-corrected chi connectivity index (χ1v) is 12.4. The number of benzene rings is 4. The highest BCUT2D eigenvalue weighted by molar-refractivity contribution is 8.89. The first-order chi connectivity index (χ1) is 14.6. The molecule has 0 bridgehead atoms. The highest BCUT2D eigenvalue weighted by Crippen LogP contribution is 2.40.